The first-order chi connectivity index (χ1) is 9.88. The first-order valence-electron chi connectivity index (χ1n) is 6.06. The summed E-state index contributed by atoms with van der Waals surface area (Å²) in [6, 6.07) is 8.22. The van der Waals surface area contributed by atoms with Crippen LogP contribution in [0.2, 0.25) is 0 Å². The Bertz CT molecular complexity index is 724. The van der Waals surface area contributed by atoms with Crippen LogP contribution in [0.1, 0.15) is 26.3 Å². The van der Waals surface area contributed by atoms with Crippen LogP contribution in [0.5, 0.6) is 11.5 Å². The Labute approximate surface area is 120 Å². The molecule has 0 bridgehead atoms. The lowest BCUT2D eigenvalue weighted by atomic mass is 10.1. The van der Waals surface area contributed by atoms with Gasteiger partial charge >= 0.3 is 5.97 Å². The number of carboxylic acids is 1. The number of rotatable bonds is 3. The van der Waals surface area contributed by atoms with Gasteiger partial charge in [-0.15, -0.1) is 0 Å². The number of nitrogens with one attached hydrogen (secondary N) is 1. The summed E-state index contributed by atoms with van der Waals surface area (Å²) in [5, 5.41) is 30.2. The number of aryl methyl sites for hydroxylation is 1. The molecule has 1 amide bonds. The summed E-state index contributed by atoms with van der Waals surface area (Å²) in [7, 11) is 0. The highest BCUT2D eigenvalue weighted by Crippen LogP contribution is 2.26. The Morgan fingerprint density at radius 1 is 1.00 bits per heavy atom. The second-order valence-corrected chi connectivity index (χ2v) is 4.51. The van der Waals surface area contributed by atoms with Crippen molar-refractivity contribution in [3.63, 3.8) is 0 Å². The number of hydrogen-bond acceptors (Lipinski definition) is 4. The minimum Gasteiger partial charge on any atom is -0.504 e. The van der Waals surface area contributed by atoms with Gasteiger partial charge in [-0.1, -0.05) is 11.6 Å². The van der Waals surface area contributed by atoms with Gasteiger partial charge in [0.25, 0.3) is 5.91 Å². The number of aromatic carboxylic acids is 1. The largest absolute Gasteiger partial charge is 0.504 e. The summed E-state index contributed by atoms with van der Waals surface area (Å²) in [4.78, 5) is 23.2. The number of carbonyl (C=O) groups excluding carboxylic acids is 1. The van der Waals surface area contributed by atoms with Crippen LogP contribution in [-0.4, -0.2) is 27.2 Å². The van der Waals surface area contributed by atoms with E-state index in [-0.39, 0.29) is 22.6 Å². The number of anilines is 1. The first kappa shape index (κ1) is 14.4. The van der Waals surface area contributed by atoms with E-state index in [1.807, 2.05) is 0 Å². The van der Waals surface area contributed by atoms with Crippen LogP contribution in [0.25, 0.3) is 0 Å². The molecule has 6 nitrogen and oxygen atoms in total. The van der Waals surface area contributed by atoms with E-state index < -0.39 is 17.6 Å². The smallest absolute Gasteiger partial charge is 0.337 e. The van der Waals surface area contributed by atoms with Crippen LogP contribution >= 0.6 is 0 Å². The molecule has 0 aliphatic rings. The molecule has 0 atom stereocenters. The third-order valence-electron chi connectivity index (χ3n) is 2.89. The van der Waals surface area contributed by atoms with Crippen LogP contribution in [0.4, 0.5) is 5.69 Å². The zero-order valence-electron chi connectivity index (χ0n) is 11.1. The van der Waals surface area contributed by atoms with Crippen molar-refractivity contribution in [2.24, 2.45) is 0 Å². The van der Waals surface area contributed by atoms with E-state index in [0.29, 0.717) is 0 Å². The van der Waals surface area contributed by atoms with Gasteiger partial charge < -0.3 is 20.6 Å². The molecule has 2 aromatic carbocycles. The highest BCUT2D eigenvalue weighted by Gasteiger charge is 2.14. The number of benzene rings is 2. The number of hydrogen-bond donors (Lipinski definition) is 4. The average molecular weight is 287 g/mol. The minimum atomic E-state index is -1.15. The van der Waals surface area contributed by atoms with Crippen LogP contribution in [0.15, 0.2) is 36.4 Å². The van der Waals surface area contributed by atoms with Gasteiger partial charge in [-0.05, 0) is 37.3 Å². The highest BCUT2D eigenvalue weighted by molar-refractivity contribution is 6.08. The predicted molar refractivity (Wildman–Crippen MR) is 75.9 cm³/mol. The van der Waals surface area contributed by atoms with E-state index in [0.717, 1.165) is 11.6 Å². The summed E-state index contributed by atoms with van der Waals surface area (Å²) >= 11 is 0. The molecule has 0 fully saturated rings. The van der Waals surface area contributed by atoms with E-state index in [4.69, 9.17) is 5.11 Å². The van der Waals surface area contributed by atoms with E-state index in [1.165, 1.54) is 24.3 Å². The summed E-state index contributed by atoms with van der Waals surface area (Å²) in [5.41, 5.74) is 0.993. The molecular formula is C15H13NO5. The lowest BCUT2D eigenvalue weighted by molar-refractivity contribution is 0.0698. The van der Waals surface area contributed by atoms with Crippen LogP contribution in [-0.2, 0) is 0 Å². The van der Waals surface area contributed by atoms with Crippen molar-refractivity contribution in [1.29, 1.82) is 0 Å². The molecule has 4 N–H and O–H groups in total. The first-order valence-corrected chi connectivity index (χ1v) is 6.06. The Hall–Kier alpha value is -3.02. The van der Waals surface area contributed by atoms with Gasteiger partial charge in [0.05, 0.1) is 11.3 Å². The fourth-order valence-electron chi connectivity index (χ4n) is 1.80. The monoisotopic (exact) mass is 287 g/mol. The van der Waals surface area contributed by atoms with Crippen molar-refractivity contribution >= 4 is 17.6 Å². The second-order valence-electron chi connectivity index (χ2n) is 4.51. The summed E-state index contributed by atoms with van der Waals surface area (Å²) in [6.07, 6.45) is 0. The molecule has 0 spiro atoms. The number of phenolic OH excluding ortho intramolecular Hbond substituents is 2. The van der Waals surface area contributed by atoms with Gasteiger partial charge in [0.2, 0.25) is 0 Å². The van der Waals surface area contributed by atoms with Gasteiger partial charge in [-0.3, -0.25) is 4.79 Å². The second kappa shape index (κ2) is 5.54. The molecule has 0 heterocycles. The Kier molecular flexibility index (Phi) is 3.80. The van der Waals surface area contributed by atoms with Crippen molar-refractivity contribution in [3.8, 4) is 11.5 Å². The number of phenols is 2. The topological polar surface area (TPSA) is 107 Å². The normalized spacial score (nSPS) is 10.1. The molecule has 0 saturated carbocycles. The SMILES string of the molecule is Cc1ccc(NC(=O)c2ccc(O)c(O)c2)c(C(=O)O)c1. The fourth-order valence-corrected chi connectivity index (χ4v) is 1.80. The lowest BCUT2D eigenvalue weighted by Crippen LogP contribution is -2.14. The Morgan fingerprint density at radius 3 is 2.33 bits per heavy atom. The number of carbonyl (C=O) groups is 2. The van der Waals surface area contributed by atoms with E-state index in [1.54, 1.807) is 13.0 Å². The Morgan fingerprint density at radius 2 is 1.71 bits per heavy atom. The quantitative estimate of drug-likeness (QED) is 0.648. The highest BCUT2D eigenvalue weighted by atomic mass is 16.4. The predicted octanol–water partition coefficient (Wildman–Crippen LogP) is 2.36. The molecule has 2 rings (SSSR count). The molecule has 0 aliphatic heterocycles. The molecule has 0 radical (unpaired) electrons. The molecule has 0 aliphatic carbocycles. The molecule has 2 aromatic rings. The van der Waals surface area contributed by atoms with Crippen molar-refractivity contribution in [2.75, 3.05) is 5.32 Å². The maximum absolute atomic E-state index is 12.0. The van der Waals surface area contributed by atoms with E-state index >= 15 is 0 Å². The van der Waals surface area contributed by atoms with E-state index in [2.05, 4.69) is 5.32 Å². The molecule has 0 saturated heterocycles. The van der Waals surface area contributed by atoms with Crippen molar-refractivity contribution in [1.82, 2.24) is 0 Å². The van der Waals surface area contributed by atoms with Crippen molar-refractivity contribution in [2.45, 2.75) is 6.92 Å². The standard InChI is InChI=1S/C15H13NO5/c1-8-2-4-11(10(6-8)15(20)21)16-14(19)9-3-5-12(17)13(18)7-9/h2-7,17-18H,1H3,(H,16,19)(H,20,21). The van der Waals surface area contributed by atoms with Gasteiger partial charge in [-0.2, -0.15) is 0 Å². The Balaban J connectivity index is 2.31. The molecule has 108 valence electrons. The number of aromatic hydroxyl groups is 2. The molecule has 0 aromatic heterocycles. The summed E-state index contributed by atoms with van der Waals surface area (Å²) in [5.74, 6) is -2.50. The molecule has 0 unspecified atom stereocenters. The van der Waals surface area contributed by atoms with Crippen molar-refractivity contribution < 1.29 is 24.9 Å². The third-order valence-corrected chi connectivity index (χ3v) is 2.89. The molecular weight excluding hydrogens is 274 g/mol. The maximum Gasteiger partial charge on any atom is 0.337 e. The number of amides is 1. The minimum absolute atomic E-state index is 0.0219. The van der Waals surface area contributed by atoms with E-state index in [9.17, 15) is 19.8 Å². The van der Waals surface area contributed by atoms with Gasteiger partial charge in [0.1, 0.15) is 0 Å². The van der Waals surface area contributed by atoms with Crippen LogP contribution in [0, 0.1) is 6.92 Å². The zero-order chi connectivity index (χ0) is 15.6. The average Bonchev–Trinajstić information content (AvgIpc) is 2.43. The van der Waals surface area contributed by atoms with Gasteiger partial charge in [-0.25, -0.2) is 4.79 Å². The fraction of sp³-hybridized carbons (Fsp3) is 0.0667. The summed E-state index contributed by atoms with van der Waals surface area (Å²) in [6.45, 7) is 1.75. The zero-order valence-corrected chi connectivity index (χ0v) is 11.1. The van der Waals surface area contributed by atoms with Crippen LogP contribution < -0.4 is 5.32 Å². The van der Waals surface area contributed by atoms with Gasteiger partial charge in [0, 0.05) is 5.56 Å². The number of carboxylic acid groups (broad SMARTS) is 1. The third kappa shape index (κ3) is 3.11. The summed E-state index contributed by atoms with van der Waals surface area (Å²) < 4.78 is 0. The lowest BCUT2D eigenvalue weighted by Gasteiger charge is -2.10. The van der Waals surface area contributed by atoms with Crippen molar-refractivity contribution in [3.05, 3.63) is 53.1 Å². The molecule has 21 heavy (non-hydrogen) atoms. The van der Waals surface area contributed by atoms with Gasteiger partial charge in [0.15, 0.2) is 11.5 Å². The molecule has 6 heteroatoms. The van der Waals surface area contributed by atoms with Crippen LogP contribution in [0.3, 0.4) is 0 Å². The maximum atomic E-state index is 12.0.